The molecule has 7 heteroatoms. The summed E-state index contributed by atoms with van der Waals surface area (Å²) >= 11 is 1.87. The number of hydrogen-bond acceptors (Lipinski definition) is 4. The van der Waals surface area contributed by atoms with Crippen LogP contribution >= 0.6 is 35.7 Å². The van der Waals surface area contributed by atoms with Gasteiger partial charge in [-0.2, -0.15) is 11.8 Å². The number of ether oxygens (including phenoxy) is 2. The predicted molar refractivity (Wildman–Crippen MR) is 97.6 cm³/mol. The first-order valence-corrected chi connectivity index (χ1v) is 8.39. The van der Waals surface area contributed by atoms with Gasteiger partial charge in [-0.3, -0.25) is 4.99 Å². The summed E-state index contributed by atoms with van der Waals surface area (Å²) in [6.07, 6.45) is 5.62. The van der Waals surface area contributed by atoms with Crippen LogP contribution < -0.4 is 10.6 Å². The second-order valence-corrected chi connectivity index (χ2v) is 5.47. The molecule has 1 unspecified atom stereocenters. The van der Waals surface area contributed by atoms with Gasteiger partial charge in [0.05, 0.1) is 12.7 Å². The van der Waals surface area contributed by atoms with E-state index in [0.717, 1.165) is 58.1 Å². The number of nitrogens with zero attached hydrogens (tertiary/aromatic N) is 1. The molecule has 0 aromatic heterocycles. The second-order valence-electron chi connectivity index (χ2n) is 4.48. The van der Waals surface area contributed by atoms with Crippen molar-refractivity contribution in [2.75, 3.05) is 52.0 Å². The van der Waals surface area contributed by atoms with Gasteiger partial charge >= 0.3 is 0 Å². The normalized spacial score (nSPS) is 18.7. The molecule has 1 aliphatic rings. The summed E-state index contributed by atoms with van der Waals surface area (Å²) < 4.78 is 11.0. The van der Waals surface area contributed by atoms with E-state index < -0.39 is 0 Å². The maximum atomic E-state index is 5.70. The summed E-state index contributed by atoms with van der Waals surface area (Å²) in [7, 11) is 1.80. The lowest BCUT2D eigenvalue weighted by molar-refractivity contribution is 0.0420. The van der Waals surface area contributed by atoms with E-state index in [1.807, 2.05) is 11.8 Å². The number of thioether (sulfide) groups is 1. The number of halogens is 1. The van der Waals surface area contributed by atoms with E-state index in [2.05, 4.69) is 21.9 Å². The molecular weight excluding hydrogens is 389 g/mol. The second kappa shape index (κ2) is 14.2. The van der Waals surface area contributed by atoms with Crippen LogP contribution in [0.3, 0.4) is 0 Å². The summed E-state index contributed by atoms with van der Waals surface area (Å²) in [5.41, 5.74) is 0. The molecule has 0 aromatic carbocycles. The highest BCUT2D eigenvalue weighted by atomic mass is 127. The molecule has 1 rings (SSSR count). The van der Waals surface area contributed by atoms with Gasteiger partial charge in [-0.15, -0.1) is 24.0 Å². The molecule has 0 aliphatic carbocycles. The van der Waals surface area contributed by atoms with Crippen molar-refractivity contribution in [1.29, 1.82) is 0 Å². The molecular formula is C13H28IN3O2S. The zero-order chi connectivity index (χ0) is 13.8. The smallest absolute Gasteiger partial charge is 0.190 e. The molecule has 0 radical (unpaired) electrons. The van der Waals surface area contributed by atoms with Gasteiger partial charge in [0, 0.05) is 33.4 Å². The first-order valence-electron chi connectivity index (χ1n) is 6.99. The van der Waals surface area contributed by atoms with Gasteiger partial charge in [0.2, 0.25) is 0 Å². The maximum Gasteiger partial charge on any atom is 0.190 e. The number of hydrogen-bond donors (Lipinski definition) is 2. The predicted octanol–water partition coefficient (Wildman–Crippen LogP) is 1.72. The third kappa shape index (κ3) is 10.1. The van der Waals surface area contributed by atoms with Gasteiger partial charge in [0.15, 0.2) is 5.96 Å². The molecule has 1 aliphatic heterocycles. The molecule has 1 atom stereocenters. The van der Waals surface area contributed by atoms with Crippen molar-refractivity contribution in [3.05, 3.63) is 0 Å². The molecule has 2 N–H and O–H groups in total. The molecule has 1 fully saturated rings. The highest BCUT2D eigenvalue weighted by Gasteiger charge is 2.15. The Hall–Kier alpha value is 0.270. The van der Waals surface area contributed by atoms with Crippen LogP contribution in [0.4, 0.5) is 0 Å². The molecule has 5 nitrogen and oxygen atoms in total. The van der Waals surface area contributed by atoms with E-state index in [-0.39, 0.29) is 24.0 Å². The molecule has 1 heterocycles. The van der Waals surface area contributed by atoms with Crippen LogP contribution in [0, 0.1) is 0 Å². The van der Waals surface area contributed by atoms with E-state index in [4.69, 9.17) is 9.47 Å². The Balaban J connectivity index is 0.00000361. The van der Waals surface area contributed by atoms with Crippen LogP contribution in [-0.2, 0) is 9.47 Å². The van der Waals surface area contributed by atoms with Gasteiger partial charge in [0.25, 0.3) is 0 Å². The van der Waals surface area contributed by atoms with E-state index in [1.54, 1.807) is 7.05 Å². The number of rotatable bonds is 9. The minimum atomic E-state index is 0. The monoisotopic (exact) mass is 417 g/mol. The molecule has 0 saturated carbocycles. The van der Waals surface area contributed by atoms with Gasteiger partial charge in [-0.25, -0.2) is 0 Å². The van der Waals surface area contributed by atoms with Crippen molar-refractivity contribution in [2.45, 2.75) is 25.4 Å². The Morgan fingerprint density at radius 2 is 2.10 bits per heavy atom. The fourth-order valence-corrected chi connectivity index (χ4v) is 2.25. The van der Waals surface area contributed by atoms with E-state index >= 15 is 0 Å². The average molecular weight is 417 g/mol. The third-order valence-corrected chi connectivity index (χ3v) is 3.59. The minimum Gasteiger partial charge on any atom is -0.379 e. The number of guanidine groups is 1. The van der Waals surface area contributed by atoms with E-state index in [0.29, 0.717) is 6.10 Å². The Bertz CT molecular complexity index is 252. The fourth-order valence-electron chi connectivity index (χ4n) is 1.82. The molecule has 120 valence electrons. The number of aliphatic imine (C=N–C) groups is 1. The summed E-state index contributed by atoms with van der Waals surface area (Å²) in [4.78, 5) is 4.19. The number of nitrogens with one attached hydrogen (secondary N) is 2. The zero-order valence-electron chi connectivity index (χ0n) is 12.5. The van der Waals surface area contributed by atoms with Crippen molar-refractivity contribution in [3.63, 3.8) is 0 Å². The van der Waals surface area contributed by atoms with Crippen molar-refractivity contribution >= 4 is 41.7 Å². The van der Waals surface area contributed by atoms with Crippen LogP contribution in [0.2, 0.25) is 0 Å². The summed E-state index contributed by atoms with van der Waals surface area (Å²) in [5, 5.41) is 6.59. The lowest BCUT2D eigenvalue weighted by Crippen LogP contribution is -2.38. The topological polar surface area (TPSA) is 54.9 Å². The zero-order valence-corrected chi connectivity index (χ0v) is 15.7. The van der Waals surface area contributed by atoms with Crippen molar-refractivity contribution in [2.24, 2.45) is 4.99 Å². The first-order chi connectivity index (χ1) is 9.36. The Labute approximate surface area is 144 Å². The fraction of sp³-hybridized carbons (Fsp3) is 0.923. The Morgan fingerprint density at radius 3 is 2.70 bits per heavy atom. The summed E-state index contributed by atoms with van der Waals surface area (Å²) in [6, 6.07) is 0. The lowest BCUT2D eigenvalue weighted by Gasteiger charge is -2.13. The van der Waals surface area contributed by atoms with Gasteiger partial charge < -0.3 is 20.1 Å². The minimum absolute atomic E-state index is 0. The molecule has 20 heavy (non-hydrogen) atoms. The molecule has 0 aromatic rings. The van der Waals surface area contributed by atoms with Gasteiger partial charge in [0.1, 0.15) is 0 Å². The maximum absolute atomic E-state index is 5.70. The highest BCUT2D eigenvalue weighted by molar-refractivity contribution is 14.0. The molecule has 0 amide bonds. The average Bonchev–Trinajstić information content (AvgIpc) is 2.94. The van der Waals surface area contributed by atoms with E-state index in [9.17, 15) is 0 Å². The highest BCUT2D eigenvalue weighted by Crippen LogP contribution is 2.07. The van der Waals surface area contributed by atoms with Crippen LogP contribution in [0.1, 0.15) is 19.3 Å². The Kier molecular flexibility index (Phi) is 14.4. The first kappa shape index (κ1) is 20.3. The summed E-state index contributed by atoms with van der Waals surface area (Å²) in [5.74, 6) is 2.06. The van der Waals surface area contributed by atoms with Gasteiger partial charge in [-0.05, 0) is 31.3 Å². The van der Waals surface area contributed by atoms with E-state index in [1.165, 1.54) is 5.75 Å². The SMILES string of the molecule is CN=C(NCCCOC1CCOC1)NCCCSC.I. The summed E-state index contributed by atoms with van der Waals surface area (Å²) in [6.45, 7) is 4.23. The quantitative estimate of drug-likeness (QED) is 0.259. The lowest BCUT2D eigenvalue weighted by atomic mass is 10.3. The van der Waals surface area contributed by atoms with Crippen LogP contribution in [-0.4, -0.2) is 64.0 Å². The molecule has 0 spiro atoms. The molecule has 0 bridgehead atoms. The third-order valence-electron chi connectivity index (χ3n) is 2.90. The Morgan fingerprint density at radius 1 is 1.35 bits per heavy atom. The van der Waals surface area contributed by atoms with Crippen LogP contribution in [0.15, 0.2) is 4.99 Å². The van der Waals surface area contributed by atoms with Crippen LogP contribution in [0.25, 0.3) is 0 Å². The van der Waals surface area contributed by atoms with Gasteiger partial charge in [-0.1, -0.05) is 0 Å². The van der Waals surface area contributed by atoms with Crippen molar-refractivity contribution < 1.29 is 9.47 Å². The van der Waals surface area contributed by atoms with Crippen LogP contribution in [0.5, 0.6) is 0 Å². The molecule has 1 saturated heterocycles. The van der Waals surface area contributed by atoms with Crippen molar-refractivity contribution in [1.82, 2.24) is 10.6 Å². The van der Waals surface area contributed by atoms with Crippen molar-refractivity contribution in [3.8, 4) is 0 Å². The largest absolute Gasteiger partial charge is 0.379 e. The standard InChI is InChI=1S/C13H27N3O2S.HI/c1-14-13(16-7-4-10-19-2)15-6-3-8-18-12-5-9-17-11-12;/h12H,3-11H2,1-2H3,(H2,14,15,16);1H.